The molecule has 0 aliphatic carbocycles. The lowest BCUT2D eigenvalue weighted by Gasteiger charge is -2.18. The SMILES string of the molecule is CC/C=C(/C)C(=O)Nc1cc(OC)c(OC)cc1C(=O)N(C)C. The summed E-state index contributed by atoms with van der Waals surface area (Å²) in [4.78, 5) is 26.0. The number of carbonyl (C=O) groups excluding carboxylic acids is 2. The monoisotopic (exact) mass is 320 g/mol. The molecule has 23 heavy (non-hydrogen) atoms. The summed E-state index contributed by atoms with van der Waals surface area (Å²) in [5.41, 5.74) is 1.31. The van der Waals surface area contributed by atoms with Crippen molar-refractivity contribution in [1.82, 2.24) is 4.90 Å². The van der Waals surface area contributed by atoms with Crippen LogP contribution in [0.25, 0.3) is 0 Å². The number of anilines is 1. The van der Waals surface area contributed by atoms with E-state index in [4.69, 9.17) is 9.47 Å². The van der Waals surface area contributed by atoms with Crippen LogP contribution in [0.15, 0.2) is 23.8 Å². The van der Waals surface area contributed by atoms with Crippen LogP contribution >= 0.6 is 0 Å². The number of hydrogen-bond acceptors (Lipinski definition) is 4. The maximum Gasteiger partial charge on any atom is 0.255 e. The van der Waals surface area contributed by atoms with Gasteiger partial charge in [0.25, 0.3) is 11.8 Å². The lowest BCUT2D eigenvalue weighted by Crippen LogP contribution is -2.24. The van der Waals surface area contributed by atoms with Crippen LogP contribution in [0.5, 0.6) is 11.5 Å². The van der Waals surface area contributed by atoms with Crippen molar-refractivity contribution < 1.29 is 19.1 Å². The largest absolute Gasteiger partial charge is 0.493 e. The molecule has 1 rings (SSSR count). The zero-order valence-corrected chi connectivity index (χ0v) is 14.5. The number of nitrogens with zero attached hydrogens (tertiary/aromatic N) is 1. The number of benzene rings is 1. The lowest BCUT2D eigenvalue weighted by atomic mass is 10.1. The molecule has 0 spiro atoms. The minimum Gasteiger partial charge on any atom is -0.493 e. The fourth-order valence-corrected chi connectivity index (χ4v) is 2.02. The van der Waals surface area contributed by atoms with Crippen LogP contribution in [-0.4, -0.2) is 45.0 Å². The van der Waals surface area contributed by atoms with Gasteiger partial charge >= 0.3 is 0 Å². The van der Waals surface area contributed by atoms with Gasteiger partial charge in [-0.1, -0.05) is 13.0 Å². The first kappa shape index (κ1) is 18.5. The third kappa shape index (κ3) is 4.48. The fourth-order valence-electron chi connectivity index (χ4n) is 2.02. The Morgan fingerprint density at radius 1 is 1.17 bits per heavy atom. The molecule has 1 N–H and O–H groups in total. The molecule has 0 heterocycles. The Labute approximate surface area is 137 Å². The average Bonchev–Trinajstić information content (AvgIpc) is 2.53. The minimum absolute atomic E-state index is 0.238. The molecular weight excluding hydrogens is 296 g/mol. The maximum absolute atomic E-state index is 12.4. The minimum atomic E-state index is -0.258. The highest BCUT2D eigenvalue weighted by Crippen LogP contribution is 2.34. The van der Waals surface area contributed by atoms with Crippen molar-refractivity contribution in [3.63, 3.8) is 0 Å². The molecule has 1 aromatic rings. The number of hydrogen-bond donors (Lipinski definition) is 1. The second-order valence-electron chi connectivity index (χ2n) is 5.20. The van der Waals surface area contributed by atoms with Gasteiger partial charge in [0, 0.05) is 25.7 Å². The van der Waals surface area contributed by atoms with Crippen LogP contribution in [-0.2, 0) is 4.79 Å². The van der Waals surface area contributed by atoms with Gasteiger partial charge in [-0.05, 0) is 19.4 Å². The second-order valence-corrected chi connectivity index (χ2v) is 5.20. The zero-order chi connectivity index (χ0) is 17.6. The average molecular weight is 320 g/mol. The summed E-state index contributed by atoms with van der Waals surface area (Å²) in [6, 6.07) is 3.16. The highest BCUT2D eigenvalue weighted by molar-refractivity contribution is 6.08. The van der Waals surface area contributed by atoms with Gasteiger partial charge in [0.2, 0.25) is 0 Å². The summed E-state index contributed by atoms with van der Waals surface area (Å²) < 4.78 is 10.5. The van der Waals surface area contributed by atoms with Crippen molar-refractivity contribution in [3.8, 4) is 11.5 Å². The molecule has 0 aromatic heterocycles. The predicted molar refractivity (Wildman–Crippen MR) is 90.2 cm³/mol. The lowest BCUT2D eigenvalue weighted by molar-refractivity contribution is -0.112. The topological polar surface area (TPSA) is 67.9 Å². The number of carbonyl (C=O) groups is 2. The van der Waals surface area contributed by atoms with Crippen LogP contribution in [0.1, 0.15) is 30.6 Å². The fraction of sp³-hybridized carbons (Fsp3) is 0.412. The van der Waals surface area contributed by atoms with E-state index in [0.29, 0.717) is 28.3 Å². The van der Waals surface area contributed by atoms with Gasteiger partial charge in [0.15, 0.2) is 11.5 Å². The summed E-state index contributed by atoms with van der Waals surface area (Å²) >= 11 is 0. The number of amides is 2. The van der Waals surface area contributed by atoms with Gasteiger partial charge in [0.1, 0.15) is 0 Å². The molecule has 1 aromatic carbocycles. The maximum atomic E-state index is 12.4. The van der Waals surface area contributed by atoms with E-state index in [-0.39, 0.29) is 11.8 Å². The van der Waals surface area contributed by atoms with E-state index in [9.17, 15) is 9.59 Å². The molecule has 0 aliphatic heterocycles. The van der Waals surface area contributed by atoms with E-state index in [1.54, 1.807) is 33.2 Å². The third-order valence-corrected chi connectivity index (χ3v) is 3.28. The molecule has 0 fully saturated rings. The second kappa shape index (κ2) is 8.22. The molecule has 0 aliphatic rings. The number of methoxy groups -OCH3 is 2. The van der Waals surface area contributed by atoms with Crippen molar-refractivity contribution in [2.75, 3.05) is 33.6 Å². The van der Waals surface area contributed by atoms with E-state index in [0.717, 1.165) is 6.42 Å². The van der Waals surface area contributed by atoms with Crippen LogP contribution in [0.4, 0.5) is 5.69 Å². The summed E-state index contributed by atoms with van der Waals surface area (Å²) in [6.45, 7) is 3.68. The standard InChI is InChI=1S/C17H24N2O4/c1-7-8-11(2)16(20)18-13-10-15(23-6)14(22-5)9-12(13)17(21)19(3)4/h8-10H,7H2,1-6H3,(H,18,20)/b11-8-. The van der Waals surface area contributed by atoms with Crippen molar-refractivity contribution in [1.29, 1.82) is 0 Å². The van der Waals surface area contributed by atoms with Crippen molar-refractivity contribution >= 4 is 17.5 Å². The van der Waals surface area contributed by atoms with E-state index in [1.807, 2.05) is 13.0 Å². The van der Waals surface area contributed by atoms with E-state index in [1.165, 1.54) is 19.1 Å². The Balaban J connectivity index is 3.34. The Bertz CT molecular complexity index is 621. The van der Waals surface area contributed by atoms with Crippen molar-refractivity contribution in [2.24, 2.45) is 0 Å². The van der Waals surface area contributed by atoms with Gasteiger partial charge < -0.3 is 19.7 Å². The Hall–Kier alpha value is -2.50. The number of allylic oxidation sites excluding steroid dienone is 1. The van der Waals surface area contributed by atoms with Crippen LogP contribution in [0.2, 0.25) is 0 Å². The van der Waals surface area contributed by atoms with E-state index >= 15 is 0 Å². The van der Waals surface area contributed by atoms with E-state index < -0.39 is 0 Å². The molecule has 6 heteroatoms. The van der Waals surface area contributed by atoms with Gasteiger partial charge in [0.05, 0.1) is 25.5 Å². The zero-order valence-electron chi connectivity index (χ0n) is 14.5. The summed E-state index contributed by atoms with van der Waals surface area (Å²) in [7, 11) is 6.28. The van der Waals surface area contributed by atoms with Crippen molar-refractivity contribution in [2.45, 2.75) is 20.3 Å². The first-order chi connectivity index (χ1) is 10.8. The van der Waals surface area contributed by atoms with Crippen LogP contribution in [0.3, 0.4) is 0 Å². The highest BCUT2D eigenvalue weighted by atomic mass is 16.5. The van der Waals surface area contributed by atoms with Crippen LogP contribution in [0, 0.1) is 0 Å². The molecule has 2 amide bonds. The Morgan fingerprint density at radius 3 is 2.22 bits per heavy atom. The highest BCUT2D eigenvalue weighted by Gasteiger charge is 2.20. The molecule has 6 nitrogen and oxygen atoms in total. The molecule has 0 atom stereocenters. The molecular formula is C17H24N2O4. The summed E-state index contributed by atoms with van der Waals surface area (Å²) in [5.74, 6) is 0.372. The smallest absolute Gasteiger partial charge is 0.255 e. The van der Waals surface area contributed by atoms with Gasteiger partial charge in [-0.3, -0.25) is 9.59 Å². The van der Waals surface area contributed by atoms with Gasteiger partial charge in [-0.15, -0.1) is 0 Å². The first-order valence-corrected chi connectivity index (χ1v) is 7.31. The molecule has 0 saturated carbocycles. The normalized spacial score (nSPS) is 11.0. The molecule has 0 unspecified atom stereocenters. The Kier molecular flexibility index (Phi) is 6.63. The molecule has 0 saturated heterocycles. The van der Waals surface area contributed by atoms with Gasteiger partial charge in [-0.25, -0.2) is 0 Å². The number of ether oxygens (including phenoxy) is 2. The van der Waals surface area contributed by atoms with Crippen LogP contribution < -0.4 is 14.8 Å². The van der Waals surface area contributed by atoms with Gasteiger partial charge in [-0.2, -0.15) is 0 Å². The summed E-state index contributed by atoms with van der Waals surface area (Å²) in [6.07, 6.45) is 2.58. The summed E-state index contributed by atoms with van der Waals surface area (Å²) in [5, 5.41) is 2.77. The molecule has 0 bridgehead atoms. The Morgan fingerprint density at radius 2 is 1.74 bits per heavy atom. The van der Waals surface area contributed by atoms with Crippen molar-refractivity contribution in [3.05, 3.63) is 29.3 Å². The quantitative estimate of drug-likeness (QED) is 0.818. The number of nitrogens with one attached hydrogen (secondary N) is 1. The first-order valence-electron chi connectivity index (χ1n) is 7.31. The van der Waals surface area contributed by atoms with E-state index in [2.05, 4.69) is 5.32 Å². The molecule has 0 radical (unpaired) electrons. The predicted octanol–water partition coefficient (Wildman–Crippen LogP) is 2.70. The molecule has 126 valence electrons. The number of rotatable bonds is 6. The third-order valence-electron chi connectivity index (χ3n) is 3.28.